The molecule has 1 aliphatic carbocycles. The summed E-state index contributed by atoms with van der Waals surface area (Å²) in [4.78, 5) is 9.17. The summed E-state index contributed by atoms with van der Waals surface area (Å²) in [5.41, 5.74) is 1.25. The highest BCUT2D eigenvalue weighted by atomic mass is 35.5. The highest BCUT2D eigenvalue weighted by Crippen LogP contribution is 2.34. The second-order valence-corrected chi connectivity index (χ2v) is 10.2. The molecule has 0 radical (unpaired) electrons. The van der Waals surface area contributed by atoms with Crippen molar-refractivity contribution < 1.29 is 9.84 Å². The lowest BCUT2D eigenvalue weighted by Gasteiger charge is -2.26. The number of rotatable bonds is 11. The van der Waals surface area contributed by atoms with Crippen LogP contribution >= 0.6 is 23.2 Å². The van der Waals surface area contributed by atoms with E-state index in [0.29, 0.717) is 15.7 Å². The van der Waals surface area contributed by atoms with Crippen LogP contribution < -0.4 is 10.6 Å². The smallest absolute Gasteiger partial charge is 0.126 e. The van der Waals surface area contributed by atoms with Gasteiger partial charge in [-0.3, -0.25) is 0 Å². The molecule has 0 saturated heterocycles. The summed E-state index contributed by atoms with van der Waals surface area (Å²) in [6.07, 6.45) is 7.84. The zero-order valence-corrected chi connectivity index (χ0v) is 21.3. The number of hydrogen-bond acceptors (Lipinski definition) is 6. The molecule has 6 nitrogen and oxygen atoms in total. The van der Waals surface area contributed by atoms with Gasteiger partial charge in [-0.1, -0.05) is 30.1 Å². The van der Waals surface area contributed by atoms with Crippen LogP contribution in [-0.2, 0) is 4.74 Å². The van der Waals surface area contributed by atoms with E-state index in [1.165, 1.54) is 0 Å². The van der Waals surface area contributed by atoms with Gasteiger partial charge >= 0.3 is 0 Å². The molecule has 0 spiro atoms. The van der Waals surface area contributed by atoms with Crippen molar-refractivity contribution in [3.63, 3.8) is 0 Å². The van der Waals surface area contributed by atoms with Crippen LogP contribution in [0.1, 0.15) is 65.7 Å². The first-order chi connectivity index (χ1) is 15.8. The molecule has 1 saturated carbocycles. The third-order valence-electron chi connectivity index (χ3n) is 5.96. The molecule has 0 aromatic carbocycles. The SMILES string of the molecule is CCCOC(C)(C)CCCNc1ccc(Cl)c(-c2cc(NC3CCC(O)CC3)ncc2Cl)n1. The first-order valence-electron chi connectivity index (χ1n) is 11.9. The van der Waals surface area contributed by atoms with Crippen molar-refractivity contribution in [2.24, 2.45) is 0 Å². The molecule has 0 bridgehead atoms. The predicted molar refractivity (Wildman–Crippen MR) is 137 cm³/mol. The third kappa shape index (κ3) is 7.99. The third-order valence-corrected chi connectivity index (χ3v) is 6.57. The molecule has 0 aliphatic heterocycles. The van der Waals surface area contributed by atoms with Crippen molar-refractivity contribution in [2.75, 3.05) is 23.8 Å². The van der Waals surface area contributed by atoms with Crippen molar-refractivity contribution >= 4 is 34.8 Å². The first kappa shape index (κ1) is 26.0. The molecule has 2 aromatic heterocycles. The quantitative estimate of drug-likeness (QED) is 0.306. The summed E-state index contributed by atoms with van der Waals surface area (Å²) in [5.74, 6) is 1.49. The van der Waals surface area contributed by atoms with E-state index >= 15 is 0 Å². The minimum Gasteiger partial charge on any atom is -0.393 e. The van der Waals surface area contributed by atoms with Crippen molar-refractivity contribution in [1.82, 2.24) is 9.97 Å². The van der Waals surface area contributed by atoms with E-state index in [1.807, 2.05) is 18.2 Å². The number of nitrogens with zero attached hydrogens (tertiary/aromatic N) is 2. The number of aromatic nitrogens is 2. The Morgan fingerprint density at radius 2 is 1.88 bits per heavy atom. The lowest BCUT2D eigenvalue weighted by Crippen LogP contribution is -2.28. The van der Waals surface area contributed by atoms with Gasteiger partial charge in [0.25, 0.3) is 0 Å². The summed E-state index contributed by atoms with van der Waals surface area (Å²) < 4.78 is 5.91. The molecule has 3 rings (SSSR count). The monoisotopic (exact) mass is 494 g/mol. The Kier molecular flexibility index (Phi) is 9.62. The Labute approximate surface area is 207 Å². The lowest BCUT2D eigenvalue weighted by molar-refractivity contribution is -0.0236. The number of aliphatic hydroxyl groups is 1. The molecule has 1 aliphatic rings. The van der Waals surface area contributed by atoms with Gasteiger partial charge in [-0.2, -0.15) is 0 Å². The fourth-order valence-electron chi connectivity index (χ4n) is 4.04. The fraction of sp³-hybridized carbons (Fsp3) is 0.600. The van der Waals surface area contributed by atoms with Gasteiger partial charge in [0.2, 0.25) is 0 Å². The standard InChI is InChI=1S/C25H36Cl2N4O2/c1-4-14-33-25(2,3)12-5-13-28-22-11-10-20(26)24(31-22)19-15-23(29-16-21(19)27)30-17-6-8-18(32)9-7-17/h10-11,15-18,32H,4-9,12-14H2,1-3H3,(H,28,31)(H,29,30). The lowest BCUT2D eigenvalue weighted by atomic mass is 9.93. The molecule has 3 N–H and O–H groups in total. The maximum atomic E-state index is 9.73. The summed E-state index contributed by atoms with van der Waals surface area (Å²) >= 11 is 13.0. The molecule has 1 fully saturated rings. The van der Waals surface area contributed by atoms with Gasteiger partial charge in [-0.05, 0) is 77.0 Å². The minimum absolute atomic E-state index is 0.124. The van der Waals surface area contributed by atoms with Crippen LogP contribution in [0.25, 0.3) is 11.3 Å². The van der Waals surface area contributed by atoms with Gasteiger partial charge < -0.3 is 20.5 Å². The van der Waals surface area contributed by atoms with Gasteiger partial charge in [0, 0.05) is 31.0 Å². The molecule has 182 valence electrons. The first-order valence-corrected chi connectivity index (χ1v) is 12.7. The van der Waals surface area contributed by atoms with Gasteiger partial charge in [-0.25, -0.2) is 9.97 Å². The van der Waals surface area contributed by atoms with E-state index < -0.39 is 0 Å². The molecule has 2 heterocycles. The van der Waals surface area contributed by atoms with Crippen molar-refractivity contribution in [3.8, 4) is 11.3 Å². The van der Waals surface area contributed by atoms with Crippen LogP contribution in [0.3, 0.4) is 0 Å². The second-order valence-electron chi connectivity index (χ2n) is 9.36. The highest BCUT2D eigenvalue weighted by molar-refractivity contribution is 6.36. The summed E-state index contributed by atoms with van der Waals surface area (Å²) in [5, 5.41) is 17.6. The topological polar surface area (TPSA) is 79.3 Å². The maximum Gasteiger partial charge on any atom is 0.126 e. The number of anilines is 2. The van der Waals surface area contributed by atoms with E-state index in [2.05, 4.69) is 36.4 Å². The molecule has 33 heavy (non-hydrogen) atoms. The average molecular weight is 495 g/mol. The second kappa shape index (κ2) is 12.2. The van der Waals surface area contributed by atoms with E-state index in [9.17, 15) is 5.11 Å². The van der Waals surface area contributed by atoms with Gasteiger partial charge in [0.05, 0.1) is 27.4 Å². The fourth-order valence-corrected chi connectivity index (χ4v) is 4.44. The van der Waals surface area contributed by atoms with Crippen LogP contribution in [0.4, 0.5) is 11.6 Å². The van der Waals surface area contributed by atoms with Gasteiger partial charge in [0.15, 0.2) is 0 Å². The van der Waals surface area contributed by atoms with E-state index in [4.69, 9.17) is 32.9 Å². The maximum absolute atomic E-state index is 9.73. The molecule has 0 amide bonds. The summed E-state index contributed by atoms with van der Waals surface area (Å²) in [6.45, 7) is 7.96. The molecule has 0 unspecified atom stereocenters. The van der Waals surface area contributed by atoms with Crippen molar-refractivity contribution in [3.05, 3.63) is 34.4 Å². The Bertz CT molecular complexity index is 902. The number of ether oxygens (including phenoxy) is 1. The van der Waals surface area contributed by atoms with E-state index in [1.54, 1.807) is 6.20 Å². The number of aliphatic hydroxyl groups excluding tert-OH is 1. The minimum atomic E-state index is -0.190. The molecule has 8 heteroatoms. The Morgan fingerprint density at radius 3 is 2.61 bits per heavy atom. The zero-order valence-electron chi connectivity index (χ0n) is 19.8. The summed E-state index contributed by atoms with van der Waals surface area (Å²) in [6, 6.07) is 5.91. The largest absolute Gasteiger partial charge is 0.393 e. The number of hydrogen-bond donors (Lipinski definition) is 3. The van der Waals surface area contributed by atoms with Crippen LogP contribution in [0.2, 0.25) is 10.0 Å². The van der Waals surface area contributed by atoms with Crippen LogP contribution in [0.5, 0.6) is 0 Å². The van der Waals surface area contributed by atoms with Crippen LogP contribution in [0, 0.1) is 0 Å². The number of halogens is 2. The number of nitrogens with one attached hydrogen (secondary N) is 2. The van der Waals surface area contributed by atoms with Crippen LogP contribution in [0.15, 0.2) is 24.4 Å². The van der Waals surface area contributed by atoms with Gasteiger partial charge in [0.1, 0.15) is 11.6 Å². The number of pyridine rings is 2. The van der Waals surface area contributed by atoms with Gasteiger partial charge in [-0.15, -0.1) is 0 Å². The van der Waals surface area contributed by atoms with Crippen molar-refractivity contribution in [1.29, 1.82) is 0 Å². The molecular weight excluding hydrogens is 459 g/mol. The zero-order chi connectivity index (χ0) is 23.8. The molecular formula is C25H36Cl2N4O2. The highest BCUT2D eigenvalue weighted by Gasteiger charge is 2.21. The van der Waals surface area contributed by atoms with E-state index in [-0.39, 0.29) is 17.7 Å². The average Bonchev–Trinajstić information content (AvgIpc) is 2.79. The Hall–Kier alpha value is -1.60. The van der Waals surface area contributed by atoms with Crippen molar-refractivity contribution in [2.45, 2.75) is 83.5 Å². The Morgan fingerprint density at radius 1 is 1.12 bits per heavy atom. The summed E-state index contributed by atoms with van der Waals surface area (Å²) in [7, 11) is 0. The Balaban J connectivity index is 1.65. The predicted octanol–water partition coefficient (Wildman–Crippen LogP) is 6.56. The van der Waals surface area contributed by atoms with Crippen LogP contribution in [-0.4, -0.2) is 46.0 Å². The van der Waals surface area contributed by atoms with E-state index in [0.717, 1.165) is 75.3 Å². The molecule has 0 atom stereocenters. The molecule has 2 aromatic rings. The normalized spacial score (nSPS) is 18.8.